The highest BCUT2D eigenvalue weighted by Gasteiger charge is 2.13. The van der Waals surface area contributed by atoms with Crippen LogP contribution in [0.5, 0.6) is 5.75 Å². The molecule has 0 aliphatic heterocycles. The maximum Gasteiger partial charge on any atom is 0.231 e. The number of fused-ring (bicyclic) bond motifs is 1. The van der Waals surface area contributed by atoms with Crippen LogP contribution in [0.4, 0.5) is 0 Å². The van der Waals surface area contributed by atoms with Gasteiger partial charge in [0.2, 0.25) is 11.7 Å². The lowest BCUT2D eigenvalue weighted by Gasteiger charge is -2.04. The van der Waals surface area contributed by atoms with Crippen LogP contribution in [0.2, 0.25) is 5.02 Å². The number of rotatable bonds is 4. The highest BCUT2D eigenvalue weighted by atomic mass is 35.5. The van der Waals surface area contributed by atoms with Gasteiger partial charge >= 0.3 is 0 Å². The van der Waals surface area contributed by atoms with Crippen molar-refractivity contribution in [3.63, 3.8) is 0 Å². The molecule has 126 valence electrons. The molecular weight excluding hydrogens is 342 g/mol. The molecule has 4 aromatic rings. The van der Waals surface area contributed by atoms with Crippen molar-refractivity contribution in [3.8, 4) is 17.1 Å². The van der Waals surface area contributed by atoms with Crippen LogP contribution >= 0.6 is 11.6 Å². The number of hydrogen-bond donors (Lipinski definition) is 0. The Balaban J connectivity index is 1.60. The second-order valence-corrected chi connectivity index (χ2v) is 5.97. The van der Waals surface area contributed by atoms with Gasteiger partial charge in [0.1, 0.15) is 11.3 Å². The van der Waals surface area contributed by atoms with Gasteiger partial charge in [-0.3, -0.25) is 0 Å². The van der Waals surface area contributed by atoms with E-state index in [-0.39, 0.29) is 0 Å². The molecule has 0 fully saturated rings. The van der Waals surface area contributed by atoms with Gasteiger partial charge in [0.15, 0.2) is 11.5 Å². The average Bonchev–Trinajstić information content (AvgIpc) is 3.21. The predicted molar refractivity (Wildman–Crippen MR) is 92.8 cm³/mol. The molecule has 0 radical (unpaired) electrons. The molecule has 0 N–H and O–H groups in total. The second kappa shape index (κ2) is 6.22. The maximum atomic E-state index is 6.26. The average molecular weight is 356 g/mol. The summed E-state index contributed by atoms with van der Waals surface area (Å²) in [5.74, 6) is 2.31. The van der Waals surface area contributed by atoms with Crippen LogP contribution in [0.1, 0.15) is 17.3 Å². The minimum Gasteiger partial charge on any atom is -0.497 e. The topological polar surface area (TPSA) is 74.2 Å². The van der Waals surface area contributed by atoms with Crippen LogP contribution in [0.15, 0.2) is 45.3 Å². The highest BCUT2D eigenvalue weighted by Crippen LogP contribution is 2.26. The largest absolute Gasteiger partial charge is 0.497 e. The molecule has 0 spiro atoms. The quantitative estimate of drug-likeness (QED) is 0.538. The minimum absolute atomic E-state index is 0.446. The summed E-state index contributed by atoms with van der Waals surface area (Å²) in [7, 11) is 1.60. The van der Waals surface area contributed by atoms with Gasteiger partial charge in [-0.15, -0.1) is 0 Å². The van der Waals surface area contributed by atoms with Gasteiger partial charge in [0, 0.05) is 17.5 Å². The van der Waals surface area contributed by atoms with E-state index in [4.69, 9.17) is 25.3 Å². The van der Waals surface area contributed by atoms with Crippen LogP contribution in [-0.4, -0.2) is 22.2 Å². The number of hydrogen-bond acceptors (Lipinski definition) is 6. The number of ether oxygens (including phenoxy) is 1. The molecule has 2 aromatic carbocycles. The molecule has 2 heterocycles. The molecular formula is C18H14ClN3O3. The molecule has 0 unspecified atom stereocenters. The van der Waals surface area contributed by atoms with E-state index in [9.17, 15) is 0 Å². The van der Waals surface area contributed by atoms with E-state index in [0.29, 0.717) is 34.8 Å². The minimum atomic E-state index is 0.446. The van der Waals surface area contributed by atoms with Crippen molar-refractivity contribution in [2.45, 2.75) is 13.3 Å². The third-order valence-electron chi connectivity index (χ3n) is 3.82. The first-order chi connectivity index (χ1) is 12.1. The standard InChI is InChI=1S/C18H14ClN3O3/c1-10-20-15-7-12(4-6-16(15)24-10)18-21-17(25-22-18)8-11-3-5-13(23-2)9-14(11)19/h3-7,9H,8H2,1-2H3. The molecule has 2 aromatic heterocycles. The van der Waals surface area contributed by atoms with E-state index >= 15 is 0 Å². The Labute approximate surface area is 148 Å². The molecule has 0 aliphatic rings. The summed E-state index contributed by atoms with van der Waals surface area (Å²) in [6.07, 6.45) is 0.446. The molecule has 0 saturated heterocycles. The highest BCUT2D eigenvalue weighted by molar-refractivity contribution is 6.31. The molecule has 6 nitrogen and oxygen atoms in total. The molecule has 7 heteroatoms. The van der Waals surface area contributed by atoms with E-state index in [0.717, 1.165) is 22.2 Å². The normalized spacial score (nSPS) is 11.2. The number of halogens is 1. The zero-order valence-corrected chi connectivity index (χ0v) is 14.4. The van der Waals surface area contributed by atoms with Gasteiger partial charge in [0.25, 0.3) is 0 Å². The van der Waals surface area contributed by atoms with Crippen LogP contribution in [0, 0.1) is 6.92 Å². The SMILES string of the molecule is COc1ccc(Cc2nc(-c3ccc4oc(C)nc4c3)no2)c(Cl)c1. The molecule has 0 aliphatic carbocycles. The van der Waals surface area contributed by atoms with E-state index < -0.39 is 0 Å². The molecule has 0 amide bonds. The lowest BCUT2D eigenvalue weighted by molar-refractivity contribution is 0.385. The smallest absolute Gasteiger partial charge is 0.231 e. The van der Waals surface area contributed by atoms with Crippen molar-refractivity contribution in [2.24, 2.45) is 0 Å². The lowest BCUT2D eigenvalue weighted by Crippen LogP contribution is -1.91. The number of oxazole rings is 1. The van der Waals surface area contributed by atoms with E-state index in [1.54, 1.807) is 13.2 Å². The van der Waals surface area contributed by atoms with Crippen molar-refractivity contribution in [1.29, 1.82) is 0 Å². The zero-order valence-electron chi connectivity index (χ0n) is 13.6. The summed E-state index contributed by atoms with van der Waals surface area (Å²) >= 11 is 6.26. The van der Waals surface area contributed by atoms with Gasteiger partial charge in [-0.2, -0.15) is 4.98 Å². The fourth-order valence-corrected chi connectivity index (χ4v) is 2.82. The van der Waals surface area contributed by atoms with E-state index in [1.165, 1.54) is 0 Å². The van der Waals surface area contributed by atoms with E-state index in [1.807, 2.05) is 37.3 Å². The summed E-state index contributed by atoms with van der Waals surface area (Å²) < 4.78 is 16.0. The number of aryl methyl sites for hydroxylation is 1. The first kappa shape index (κ1) is 15.7. The Bertz CT molecular complexity index is 1050. The molecule has 25 heavy (non-hydrogen) atoms. The summed E-state index contributed by atoms with van der Waals surface area (Å²) in [4.78, 5) is 8.77. The van der Waals surface area contributed by atoms with Crippen molar-refractivity contribution >= 4 is 22.7 Å². The van der Waals surface area contributed by atoms with Crippen LogP contribution < -0.4 is 4.74 Å². The summed E-state index contributed by atoms with van der Waals surface area (Å²) in [6.45, 7) is 1.81. The summed E-state index contributed by atoms with van der Waals surface area (Å²) in [6, 6.07) is 11.1. The van der Waals surface area contributed by atoms with Crippen LogP contribution in [-0.2, 0) is 6.42 Å². The van der Waals surface area contributed by atoms with Crippen LogP contribution in [0.3, 0.4) is 0 Å². The first-order valence-electron chi connectivity index (χ1n) is 7.65. The number of nitrogens with zero attached hydrogens (tertiary/aromatic N) is 3. The third kappa shape index (κ3) is 3.08. The van der Waals surface area contributed by atoms with Crippen molar-refractivity contribution < 1.29 is 13.7 Å². The zero-order chi connectivity index (χ0) is 17.4. The fourth-order valence-electron chi connectivity index (χ4n) is 2.59. The third-order valence-corrected chi connectivity index (χ3v) is 4.17. The number of benzene rings is 2. The molecule has 0 atom stereocenters. The second-order valence-electron chi connectivity index (χ2n) is 5.56. The van der Waals surface area contributed by atoms with Crippen LogP contribution in [0.25, 0.3) is 22.5 Å². The predicted octanol–water partition coefficient (Wildman–Crippen LogP) is 4.44. The lowest BCUT2D eigenvalue weighted by atomic mass is 10.1. The maximum absolute atomic E-state index is 6.26. The first-order valence-corrected chi connectivity index (χ1v) is 8.03. The molecule has 0 bridgehead atoms. The Morgan fingerprint density at radius 3 is 2.80 bits per heavy atom. The Kier molecular flexibility index (Phi) is 3.89. The summed E-state index contributed by atoms with van der Waals surface area (Å²) in [5, 5.41) is 4.64. The van der Waals surface area contributed by atoms with Gasteiger partial charge in [-0.05, 0) is 35.9 Å². The van der Waals surface area contributed by atoms with E-state index in [2.05, 4.69) is 15.1 Å². The van der Waals surface area contributed by atoms with Crippen molar-refractivity contribution in [3.05, 3.63) is 58.8 Å². The monoisotopic (exact) mass is 355 g/mol. The molecule has 4 rings (SSSR count). The summed E-state index contributed by atoms with van der Waals surface area (Å²) in [5.41, 5.74) is 3.20. The number of aromatic nitrogens is 3. The van der Waals surface area contributed by atoms with Gasteiger partial charge < -0.3 is 13.7 Å². The Morgan fingerprint density at radius 2 is 2.00 bits per heavy atom. The Hall–Kier alpha value is -2.86. The van der Waals surface area contributed by atoms with Crippen molar-refractivity contribution in [1.82, 2.24) is 15.1 Å². The fraction of sp³-hybridized carbons (Fsp3) is 0.167. The van der Waals surface area contributed by atoms with Gasteiger partial charge in [-0.25, -0.2) is 4.98 Å². The molecule has 0 saturated carbocycles. The number of methoxy groups -OCH3 is 1. The Morgan fingerprint density at radius 1 is 1.12 bits per heavy atom. The van der Waals surface area contributed by atoms with Crippen molar-refractivity contribution in [2.75, 3.05) is 7.11 Å². The van der Waals surface area contributed by atoms with Gasteiger partial charge in [-0.1, -0.05) is 22.8 Å². The van der Waals surface area contributed by atoms with Gasteiger partial charge in [0.05, 0.1) is 13.5 Å².